The van der Waals surface area contributed by atoms with Crippen molar-refractivity contribution >= 4 is 5.71 Å². The highest BCUT2D eigenvalue weighted by atomic mass is 16.4. The fourth-order valence-corrected chi connectivity index (χ4v) is 3.64. The van der Waals surface area contributed by atoms with Gasteiger partial charge in [0.2, 0.25) is 0 Å². The molecule has 0 saturated carbocycles. The van der Waals surface area contributed by atoms with Crippen molar-refractivity contribution < 1.29 is 5.21 Å². The summed E-state index contributed by atoms with van der Waals surface area (Å²) in [5.74, 6) is 0.507. The zero-order valence-electron chi connectivity index (χ0n) is 12.1. The van der Waals surface area contributed by atoms with Crippen molar-refractivity contribution in [1.29, 1.82) is 5.26 Å². The maximum absolute atomic E-state index is 9.42. The van der Waals surface area contributed by atoms with Gasteiger partial charge in [-0.25, -0.2) is 0 Å². The second kappa shape index (κ2) is 5.71. The maximum Gasteiger partial charge on any atom is 0.0960 e. The van der Waals surface area contributed by atoms with Crippen LogP contribution < -0.4 is 0 Å². The van der Waals surface area contributed by atoms with Crippen LogP contribution in [-0.4, -0.2) is 28.4 Å². The summed E-state index contributed by atoms with van der Waals surface area (Å²) in [4.78, 5) is 2.35. The van der Waals surface area contributed by atoms with E-state index < -0.39 is 0 Å². The molecule has 1 fully saturated rings. The Morgan fingerprint density at radius 3 is 2.86 bits per heavy atom. The van der Waals surface area contributed by atoms with Gasteiger partial charge in [-0.15, -0.1) is 0 Å². The molecule has 108 valence electrons. The summed E-state index contributed by atoms with van der Waals surface area (Å²) in [6.07, 6.45) is 3.07. The lowest BCUT2D eigenvalue weighted by Gasteiger charge is -2.47. The molecule has 3 atom stereocenters. The number of oxime groups is 1. The van der Waals surface area contributed by atoms with Crippen molar-refractivity contribution in [1.82, 2.24) is 4.90 Å². The van der Waals surface area contributed by atoms with Crippen LogP contribution in [0.4, 0.5) is 0 Å². The first-order chi connectivity index (χ1) is 10.2. The molecule has 2 aliphatic heterocycles. The minimum atomic E-state index is 0.0381. The van der Waals surface area contributed by atoms with Crippen LogP contribution in [0.5, 0.6) is 0 Å². The minimum Gasteiger partial charge on any atom is -0.411 e. The molecule has 0 aromatic heterocycles. The highest BCUT2D eigenvalue weighted by Crippen LogP contribution is 2.39. The quantitative estimate of drug-likeness (QED) is 0.526. The highest BCUT2D eigenvalue weighted by molar-refractivity contribution is 5.85. The average Bonchev–Trinajstić information content (AvgIpc) is 2.54. The van der Waals surface area contributed by atoms with Gasteiger partial charge in [0.15, 0.2) is 0 Å². The Hall–Kier alpha value is -2.12. The van der Waals surface area contributed by atoms with E-state index in [0.717, 1.165) is 30.8 Å². The molecule has 21 heavy (non-hydrogen) atoms. The smallest absolute Gasteiger partial charge is 0.0960 e. The van der Waals surface area contributed by atoms with Gasteiger partial charge in [-0.1, -0.05) is 41.6 Å². The normalized spacial score (nSPS) is 29.0. The first-order valence-corrected chi connectivity index (χ1v) is 7.31. The molecule has 2 heterocycles. The number of hydrogen-bond acceptors (Lipinski definition) is 4. The van der Waals surface area contributed by atoms with Crippen molar-refractivity contribution in [2.24, 2.45) is 17.0 Å². The zero-order valence-corrected chi connectivity index (χ0v) is 12.1. The molecule has 1 saturated heterocycles. The van der Waals surface area contributed by atoms with Gasteiger partial charge in [-0.3, -0.25) is 4.90 Å². The van der Waals surface area contributed by atoms with E-state index in [4.69, 9.17) is 5.21 Å². The van der Waals surface area contributed by atoms with Crippen LogP contribution in [0.25, 0.3) is 0 Å². The lowest BCUT2D eigenvalue weighted by molar-refractivity contribution is 0.0965. The Balaban J connectivity index is 1.89. The van der Waals surface area contributed by atoms with Gasteiger partial charge in [0, 0.05) is 24.6 Å². The predicted molar refractivity (Wildman–Crippen MR) is 80.8 cm³/mol. The number of nitrogens with zero attached hydrogens (tertiary/aromatic N) is 3. The van der Waals surface area contributed by atoms with Gasteiger partial charge in [-0.2, -0.15) is 5.26 Å². The van der Waals surface area contributed by atoms with Crippen LogP contribution in [0.3, 0.4) is 0 Å². The molecule has 1 aromatic carbocycles. The first kappa shape index (κ1) is 13.8. The van der Waals surface area contributed by atoms with E-state index in [1.54, 1.807) is 0 Å². The second-order valence-corrected chi connectivity index (χ2v) is 5.94. The lowest BCUT2D eigenvalue weighted by atomic mass is 9.72. The molecule has 3 aliphatic rings. The number of piperidine rings is 1. The first-order valence-electron chi connectivity index (χ1n) is 7.31. The molecule has 0 unspecified atom stereocenters. The molecule has 4 nitrogen and oxygen atoms in total. The molecule has 0 amide bonds. The molecule has 4 rings (SSSR count). The van der Waals surface area contributed by atoms with Crippen molar-refractivity contribution in [3.8, 4) is 6.07 Å². The van der Waals surface area contributed by atoms with E-state index in [1.807, 2.05) is 25.1 Å². The molecule has 4 heteroatoms. The van der Waals surface area contributed by atoms with Gasteiger partial charge in [0.05, 0.1) is 17.8 Å². The highest BCUT2D eigenvalue weighted by Gasteiger charge is 2.43. The van der Waals surface area contributed by atoms with Crippen LogP contribution in [0.2, 0.25) is 0 Å². The Morgan fingerprint density at radius 2 is 2.19 bits per heavy atom. The van der Waals surface area contributed by atoms with Crippen LogP contribution in [-0.2, 0) is 6.54 Å². The SMILES string of the molecule is C/C(=N/O)[C@H]1C[C@H]2C=C(C#N)[C@H]1N(Cc1ccccc1)C2. The molecule has 0 spiro atoms. The van der Waals surface area contributed by atoms with Crippen LogP contribution >= 0.6 is 0 Å². The summed E-state index contributed by atoms with van der Waals surface area (Å²) in [7, 11) is 0. The molecule has 1 aliphatic carbocycles. The summed E-state index contributed by atoms with van der Waals surface area (Å²) in [6.45, 7) is 3.65. The number of nitriles is 1. The molecule has 1 N–H and O–H groups in total. The van der Waals surface area contributed by atoms with Gasteiger partial charge in [-0.05, 0) is 24.8 Å². The summed E-state index contributed by atoms with van der Waals surface area (Å²) in [6, 6.07) is 12.7. The standard InChI is InChI=1S/C17H19N3O/c1-12(19-21)16-8-14-7-15(9-18)17(16)20(11-14)10-13-5-3-2-4-6-13/h2-7,14,16-17,21H,8,10-11H2,1H3/b19-12-/t14-,16-,17-/m1/s1. The van der Waals surface area contributed by atoms with E-state index in [2.05, 4.69) is 34.3 Å². The van der Waals surface area contributed by atoms with Gasteiger partial charge < -0.3 is 5.21 Å². The zero-order chi connectivity index (χ0) is 14.8. The van der Waals surface area contributed by atoms with E-state index >= 15 is 0 Å². The van der Waals surface area contributed by atoms with E-state index in [0.29, 0.717) is 5.92 Å². The Kier molecular flexibility index (Phi) is 3.76. The summed E-state index contributed by atoms with van der Waals surface area (Å²) >= 11 is 0. The van der Waals surface area contributed by atoms with Crippen molar-refractivity contribution in [3.05, 3.63) is 47.5 Å². The second-order valence-electron chi connectivity index (χ2n) is 5.94. The number of hydrogen-bond donors (Lipinski definition) is 1. The Bertz CT molecular complexity index is 615. The number of fused-ring (bicyclic) bond motifs is 2. The topological polar surface area (TPSA) is 59.6 Å². The summed E-state index contributed by atoms with van der Waals surface area (Å²) in [5.41, 5.74) is 2.80. The van der Waals surface area contributed by atoms with Crippen LogP contribution in [0.15, 0.2) is 47.1 Å². The van der Waals surface area contributed by atoms with E-state index in [1.165, 1.54) is 5.56 Å². The lowest BCUT2D eigenvalue weighted by Crippen LogP contribution is -2.54. The maximum atomic E-state index is 9.42. The Morgan fingerprint density at radius 1 is 1.43 bits per heavy atom. The van der Waals surface area contributed by atoms with Gasteiger partial charge >= 0.3 is 0 Å². The summed E-state index contributed by atoms with van der Waals surface area (Å²) in [5, 5.41) is 21.9. The third-order valence-corrected chi connectivity index (χ3v) is 4.59. The largest absolute Gasteiger partial charge is 0.411 e. The van der Waals surface area contributed by atoms with Crippen molar-refractivity contribution in [2.75, 3.05) is 6.54 Å². The molecule has 2 bridgehead atoms. The van der Waals surface area contributed by atoms with Gasteiger partial charge in [0.25, 0.3) is 0 Å². The van der Waals surface area contributed by atoms with Gasteiger partial charge in [0.1, 0.15) is 0 Å². The third-order valence-electron chi connectivity index (χ3n) is 4.59. The molecular weight excluding hydrogens is 262 g/mol. The monoisotopic (exact) mass is 281 g/mol. The average molecular weight is 281 g/mol. The summed E-state index contributed by atoms with van der Waals surface area (Å²) < 4.78 is 0. The third kappa shape index (κ3) is 2.57. The molecule has 1 aromatic rings. The number of benzene rings is 1. The minimum absolute atomic E-state index is 0.0381. The van der Waals surface area contributed by atoms with Crippen molar-refractivity contribution in [2.45, 2.75) is 25.9 Å². The fraction of sp³-hybridized carbons (Fsp3) is 0.412. The molecule has 0 radical (unpaired) electrons. The van der Waals surface area contributed by atoms with Crippen molar-refractivity contribution in [3.63, 3.8) is 0 Å². The number of rotatable bonds is 3. The predicted octanol–water partition coefficient (Wildman–Crippen LogP) is 2.81. The fourth-order valence-electron chi connectivity index (χ4n) is 3.64. The Labute approximate surface area is 125 Å². The van der Waals surface area contributed by atoms with E-state index in [-0.39, 0.29) is 12.0 Å². The van der Waals surface area contributed by atoms with Crippen LogP contribution in [0.1, 0.15) is 18.9 Å². The van der Waals surface area contributed by atoms with E-state index in [9.17, 15) is 5.26 Å². The van der Waals surface area contributed by atoms with Crippen LogP contribution in [0, 0.1) is 23.2 Å². The molecular formula is C17H19N3O.